The molecule has 0 spiro atoms. The summed E-state index contributed by atoms with van der Waals surface area (Å²) in [4.78, 5) is 0. The lowest BCUT2D eigenvalue weighted by Gasteiger charge is -2.28. The van der Waals surface area contributed by atoms with Crippen LogP contribution in [0, 0.1) is 0 Å². The molecule has 0 aliphatic rings. The van der Waals surface area contributed by atoms with E-state index in [1.165, 1.54) is 0 Å². The summed E-state index contributed by atoms with van der Waals surface area (Å²) < 4.78 is 141. The number of alkyl halides is 10. The Morgan fingerprint density at radius 3 is 0.913 bits per heavy atom. The highest BCUT2D eigenvalue weighted by atomic mass is 79.9. The van der Waals surface area contributed by atoms with Crippen LogP contribution >= 0.6 is 31.9 Å². The van der Waals surface area contributed by atoms with Crippen molar-refractivity contribution in [3.8, 4) is 0 Å². The fourth-order valence-electron chi connectivity index (χ4n) is 0.802. The minimum atomic E-state index is -6.27. The van der Waals surface area contributed by atoms with Crippen LogP contribution in [0.3, 0.4) is 0 Å². The van der Waals surface area contributed by atoms with E-state index < -0.39 is 45.2 Å². The average molecular weight is 500 g/mol. The lowest BCUT2D eigenvalue weighted by Crippen LogP contribution is -2.42. The number of allylic oxidation sites excluding steroid dienone is 2. The Labute approximate surface area is 135 Å². The largest absolute Gasteiger partial charge is 0.445 e. The third-order valence-electron chi connectivity index (χ3n) is 1.83. The van der Waals surface area contributed by atoms with Gasteiger partial charge in [-0.2, -0.15) is 43.9 Å². The van der Waals surface area contributed by atoms with Crippen molar-refractivity contribution >= 4 is 31.9 Å². The van der Waals surface area contributed by atoms with Gasteiger partial charge < -0.3 is 4.74 Å². The Morgan fingerprint density at radius 1 is 0.565 bits per heavy atom. The summed E-state index contributed by atoms with van der Waals surface area (Å²) in [7, 11) is 0. The van der Waals surface area contributed by atoms with Crippen molar-refractivity contribution < 1.29 is 57.4 Å². The molecule has 0 fully saturated rings. The zero-order chi connectivity index (χ0) is 19.0. The molecule has 1 nitrogen and oxygen atoms in total. The van der Waals surface area contributed by atoms with Crippen LogP contribution in [0.5, 0.6) is 0 Å². The second-order valence-electron chi connectivity index (χ2n) is 3.43. The van der Waals surface area contributed by atoms with Gasteiger partial charge in [0, 0.05) is 0 Å². The van der Waals surface area contributed by atoms with Gasteiger partial charge in [-0.05, 0) is 31.9 Å². The molecule has 0 saturated heterocycles. The lowest BCUT2D eigenvalue weighted by molar-refractivity contribution is -0.202. The van der Waals surface area contributed by atoms with Crippen LogP contribution in [0.25, 0.3) is 0 Å². The maximum Gasteiger partial charge on any atom is 0.440 e. The van der Waals surface area contributed by atoms with Crippen molar-refractivity contribution in [1.29, 1.82) is 0 Å². The third kappa shape index (κ3) is 4.70. The molecule has 0 bridgehead atoms. The molecule has 0 saturated carbocycles. The van der Waals surface area contributed by atoms with Crippen LogP contribution < -0.4 is 0 Å². The lowest BCUT2D eigenvalue weighted by atomic mass is 10.3. The molecule has 0 radical (unpaired) electrons. The van der Waals surface area contributed by atoms with Crippen LogP contribution in [-0.2, 0) is 4.74 Å². The highest BCUT2D eigenvalue weighted by molar-refractivity contribution is 9.10. The minimum Gasteiger partial charge on any atom is -0.445 e. The van der Waals surface area contributed by atoms with Crippen molar-refractivity contribution in [2.75, 3.05) is 0 Å². The first-order valence-electron chi connectivity index (χ1n) is 4.55. The van der Waals surface area contributed by atoms with Gasteiger partial charge in [0.25, 0.3) is 0 Å². The number of hydrogen-bond donors (Lipinski definition) is 0. The van der Waals surface area contributed by atoms with Crippen LogP contribution in [0.4, 0.5) is 52.7 Å². The van der Waals surface area contributed by atoms with Crippen molar-refractivity contribution in [2.24, 2.45) is 0 Å². The summed E-state index contributed by atoms with van der Waals surface area (Å²) in [5.41, 5.74) is 0. The molecule has 15 heteroatoms. The smallest absolute Gasteiger partial charge is 0.440 e. The topological polar surface area (TPSA) is 9.23 Å². The summed E-state index contributed by atoms with van der Waals surface area (Å²) >= 11 is 2.05. The SMILES string of the molecule is FC(F)=C(OC(=C(F)F)C(F)(Br)C(F)(F)F)C(F)(Br)C(F)(F)F. The van der Waals surface area contributed by atoms with E-state index in [0.717, 1.165) is 31.9 Å². The van der Waals surface area contributed by atoms with Gasteiger partial charge >= 0.3 is 33.7 Å². The van der Waals surface area contributed by atoms with E-state index in [-0.39, 0.29) is 0 Å². The molecule has 0 heterocycles. The molecule has 0 amide bonds. The second kappa shape index (κ2) is 6.72. The van der Waals surface area contributed by atoms with Crippen molar-refractivity contribution in [3.05, 3.63) is 23.7 Å². The molecular weight excluding hydrogens is 500 g/mol. The third-order valence-corrected chi connectivity index (χ3v) is 3.45. The minimum absolute atomic E-state index is 1.02. The predicted octanol–water partition coefficient (Wildman–Crippen LogP) is 6.47. The zero-order valence-electron chi connectivity index (χ0n) is 9.70. The van der Waals surface area contributed by atoms with Crippen LogP contribution in [0.1, 0.15) is 0 Å². The summed E-state index contributed by atoms with van der Waals surface area (Å²) in [5, 5.41) is 0. The van der Waals surface area contributed by atoms with Gasteiger partial charge in [-0.1, -0.05) is 0 Å². The monoisotopic (exact) mass is 498 g/mol. The molecule has 0 aliphatic heterocycles. The van der Waals surface area contributed by atoms with E-state index in [9.17, 15) is 52.7 Å². The fourth-order valence-corrected chi connectivity index (χ4v) is 1.26. The van der Waals surface area contributed by atoms with Crippen molar-refractivity contribution in [2.45, 2.75) is 21.5 Å². The van der Waals surface area contributed by atoms with Gasteiger partial charge in [-0.3, -0.25) is 0 Å². The van der Waals surface area contributed by atoms with Gasteiger partial charge in [-0.15, -0.1) is 0 Å². The maximum atomic E-state index is 13.3. The first-order chi connectivity index (χ1) is 9.87. The Morgan fingerprint density at radius 2 is 0.783 bits per heavy atom. The summed E-state index contributed by atoms with van der Waals surface area (Å²) in [6.45, 7) is 0. The standard InChI is InChI=1S/C8Br2F12O/c9-5(15,7(17,18)19)1(3(11)12)23-2(4(13)14)6(10,16)8(20,21)22. The van der Waals surface area contributed by atoms with E-state index in [1.54, 1.807) is 0 Å². The molecule has 0 rings (SSSR count). The van der Waals surface area contributed by atoms with Gasteiger partial charge in [0.1, 0.15) is 0 Å². The first kappa shape index (κ1) is 22.4. The zero-order valence-corrected chi connectivity index (χ0v) is 12.9. The van der Waals surface area contributed by atoms with Gasteiger partial charge in [0.2, 0.25) is 11.5 Å². The predicted molar refractivity (Wildman–Crippen MR) is 57.2 cm³/mol. The van der Waals surface area contributed by atoms with Gasteiger partial charge in [0.05, 0.1) is 0 Å². The first-order valence-corrected chi connectivity index (χ1v) is 6.14. The normalized spacial score (nSPS) is 17.8. The molecule has 2 unspecified atom stereocenters. The van der Waals surface area contributed by atoms with Crippen LogP contribution in [-0.4, -0.2) is 21.5 Å². The van der Waals surface area contributed by atoms with Gasteiger partial charge in [-0.25, -0.2) is 8.78 Å². The Kier molecular flexibility index (Phi) is 6.55. The molecule has 0 aliphatic carbocycles. The van der Waals surface area contributed by atoms with E-state index in [2.05, 4.69) is 4.74 Å². The van der Waals surface area contributed by atoms with Crippen LogP contribution in [0.15, 0.2) is 23.7 Å². The van der Waals surface area contributed by atoms with E-state index in [1.807, 2.05) is 0 Å². The highest BCUT2D eigenvalue weighted by Crippen LogP contribution is 2.52. The van der Waals surface area contributed by atoms with Crippen molar-refractivity contribution in [3.63, 3.8) is 0 Å². The van der Waals surface area contributed by atoms with E-state index in [0.29, 0.717) is 0 Å². The number of rotatable bonds is 4. The molecule has 0 N–H and O–H groups in total. The fraction of sp³-hybridized carbons (Fsp3) is 0.500. The van der Waals surface area contributed by atoms with E-state index in [4.69, 9.17) is 0 Å². The Hall–Kier alpha value is -0.600. The Bertz CT molecular complexity index is 460. The molecule has 0 aromatic rings. The quantitative estimate of drug-likeness (QED) is 0.245. The summed E-state index contributed by atoms with van der Waals surface area (Å²) in [6, 6.07) is 0. The van der Waals surface area contributed by atoms with E-state index >= 15 is 0 Å². The highest BCUT2D eigenvalue weighted by Gasteiger charge is 2.65. The molecule has 23 heavy (non-hydrogen) atoms. The summed E-state index contributed by atoms with van der Waals surface area (Å²) in [6.07, 6.45) is -20.1. The number of halogens is 14. The molecule has 0 aromatic heterocycles. The van der Waals surface area contributed by atoms with Crippen molar-refractivity contribution in [1.82, 2.24) is 0 Å². The molecule has 0 aromatic carbocycles. The molecule has 2 atom stereocenters. The number of ether oxygens (including phenoxy) is 1. The Balaban J connectivity index is 6.17. The molecule has 136 valence electrons. The summed E-state index contributed by atoms with van der Waals surface area (Å²) in [5.74, 6) is -6.70. The number of hydrogen-bond acceptors (Lipinski definition) is 1. The second-order valence-corrected chi connectivity index (χ2v) is 5.61. The molecular formula is C8Br2F12O. The maximum absolute atomic E-state index is 13.3. The average Bonchev–Trinajstić information content (AvgIpc) is 2.24. The van der Waals surface area contributed by atoms with Crippen LogP contribution in [0.2, 0.25) is 0 Å². The van der Waals surface area contributed by atoms with Gasteiger partial charge in [0.15, 0.2) is 0 Å².